The summed E-state index contributed by atoms with van der Waals surface area (Å²) in [5.41, 5.74) is -0.334. The second-order valence-corrected chi connectivity index (χ2v) is 7.52. The molecule has 1 aromatic heterocycles. The number of nitrogens with one attached hydrogen (secondary N) is 1. The lowest BCUT2D eigenvalue weighted by molar-refractivity contribution is 0.282. The van der Waals surface area contributed by atoms with Crippen molar-refractivity contribution in [1.29, 1.82) is 0 Å². The Hall–Kier alpha value is -1.03. The molecule has 2 N–H and O–H groups in total. The molecule has 9 heteroatoms. The minimum absolute atomic E-state index is 0.136. The minimum Gasteiger partial charge on any atom is -0.392 e. The van der Waals surface area contributed by atoms with E-state index in [0.29, 0.717) is 5.56 Å². The van der Waals surface area contributed by atoms with Crippen molar-refractivity contribution in [3.63, 3.8) is 0 Å². The largest absolute Gasteiger partial charge is 0.392 e. The smallest absolute Gasteiger partial charge is 0.271 e. The third-order valence-corrected chi connectivity index (χ3v) is 5.62. The molecule has 0 fully saturated rings. The van der Waals surface area contributed by atoms with Crippen molar-refractivity contribution < 1.29 is 22.3 Å². The maximum Gasteiger partial charge on any atom is 0.271 e. The van der Waals surface area contributed by atoms with E-state index in [-0.39, 0.29) is 15.3 Å². The van der Waals surface area contributed by atoms with Crippen molar-refractivity contribution in [3.8, 4) is 0 Å². The molecular formula is C11H8BrF2NO3S2. The Balaban J connectivity index is 2.38. The molecule has 0 aliphatic heterocycles. The number of halogens is 3. The van der Waals surface area contributed by atoms with Crippen LogP contribution in [0.4, 0.5) is 14.5 Å². The lowest BCUT2D eigenvalue weighted by Crippen LogP contribution is -2.14. The van der Waals surface area contributed by atoms with Gasteiger partial charge in [0.25, 0.3) is 10.0 Å². The second-order valence-electron chi connectivity index (χ2n) is 3.78. The Bertz CT molecular complexity index is 723. The van der Waals surface area contributed by atoms with Crippen molar-refractivity contribution in [2.45, 2.75) is 10.8 Å². The molecule has 2 aromatic rings. The third-order valence-electron chi connectivity index (χ3n) is 2.32. The molecule has 0 atom stereocenters. The molecule has 4 nitrogen and oxygen atoms in total. The first kappa shape index (κ1) is 15.4. The maximum absolute atomic E-state index is 13.6. The Morgan fingerprint density at radius 2 is 1.85 bits per heavy atom. The number of aliphatic hydroxyl groups is 1. The van der Waals surface area contributed by atoms with Gasteiger partial charge in [-0.25, -0.2) is 17.2 Å². The first-order valence-corrected chi connectivity index (χ1v) is 8.34. The van der Waals surface area contributed by atoms with Gasteiger partial charge in [-0.05, 0) is 29.1 Å². The SMILES string of the molecule is O=S(=O)(Nc1c(F)cc(Br)cc1F)c1cc(CO)cs1. The van der Waals surface area contributed by atoms with Crippen LogP contribution in [0, 0.1) is 11.6 Å². The van der Waals surface area contributed by atoms with E-state index in [1.54, 1.807) is 0 Å². The van der Waals surface area contributed by atoms with Gasteiger partial charge in [0.15, 0.2) is 11.6 Å². The summed E-state index contributed by atoms with van der Waals surface area (Å²) in [5.74, 6) is -2.06. The van der Waals surface area contributed by atoms with Crippen LogP contribution in [0.15, 0.2) is 32.3 Å². The fraction of sp³-hybridized carbons (Fsp3) is 0.0909. The first-order valence-electron chi connectivity index (χ1n) is 5.19. The van der Waals surface area contributed by atoms with E-state index < -0.39 is 27.3 Å². The summed E-state index contributed by atoms with van der Waals surface area (Å²) >= 11 is 3.75. The number of anilines is 1. The molecule has 1 aromatic carbocycles. The summed E-state index contributed by atoms with van der Waals surface area (Å²) in [6.45, 7) is -0.312. The molecule has 0 unspecified atom stereocenters. The fourth-order valence-electron chi connectivity index (χ4n) is 1.40. The molecule has 0 bridgehead atoms. The summed E-state index contributed by atoms with van der Waals surface area (Å²) in [4.78, 5) is 0. The number of benzene rings is 1. The third kappa shape index (κ3) is 3.17. The zero-order valence-electron chi connectivity index (χ0n) is 9.73. The van der Waals surface area contributed by atoms with Gasteiger partial charge in [-0.2, -0.15) is 0 Å². The van der Waals surface area contributed by atoms with Crippen molar-refractivity contribution >= 4 is 43.0 Å². The van der Waals surface area contributed by atoms with Gasteiger partial charge in [0, 0.05) is 4.47 Å². The van der Waals surface area contributed by atoms with Crippen LogP contribution in [0.3, 0.4) is 0 Å². The number of sulfonamides is 1. The second kappa shape index (κ2) is 5.76. The van der Waals surface area contributed by atoms with Gasteiger partial charge in [0.2, 0.25) is 0 Å². The van der Waals surface area contributed by atoms with Gasteiger partial charge in [0.05, 0.1) is 6.61 Å². The predicted molar refractivity (Wildman–Crippen MR) is 75.1 cm³/mol. The highest BCUT2D eigenvalue weighted by Crippen LogP contribution is 2.28. The van der Waals surface area contributed by atoms with Crippen LogP contribution >= 0.6 is 27.3 Å². The average Bonchev–Trinajstić information content (AvgIpc) is 2.83. The standard InChI is InChI=1S/C11H8BrF2NO3S2/c12-7-2-8(13)11(9(14)3-7)15-20(17,18)10-1-6(4-16)5-19-10/h1-3,5,15-16H,4H2. The van der Waals surface area contributed by atoms with Crippen LogP contribution in [-0.2, 0) is 16.6 Å². The van der Waals surface area contributed by atoms with Gasteiger partial charge in [-0.1, -0.05) is 15.9 Å². The monoisotopic (exact) mass is 383 g/mol. The molecular weight excluding hydrogens is 376 g/mol. The molecule has 1 heterocycles. The fourth-order valence-corrected chi connectivity index (χ4v) is 4.08. The lowest BCUT2D eigenvalue weighted by Gasteiger charge is -2.08. The lowest BCUT2D eigenvalue weighted by atomic mass is 10.3. The highest BCUT2D eigenvalue weighted by Gasteiger charge is 2.21. The van der Waals surface area contributed by atoms with Crippen LogP contribution in [-0.4, -0.2) is 13.5 Å². The van der Waals surface area contributed by atoms with E-state index in [2.05, 4.69) is 15.9 Å². The van der Waals surface area contributed by atoms with Crippen LogP contribution in [0.5, 0.6) is 0 Å². The molecule has 0 spiro atoms. The Labute approximate surface area is 126 Å². The van der Waals surface area contributed by atoms with E-state index in [1.165, 1.54) is 11.4 Å². The van der Waals surface area contributed by atoms with Crippen LogP contribution in [0.2, 0.25) is 0 Å². The van der Waals surface area contributed by atoms with Gasteiger partial charge < -0.3 is 5.11 Å². The van der Waals surface area contributed by atoms with Crippen LogP contribution < -0.4 is 4.72 Å². The van der Waals surface area contributed by atoms with E-state index in [9.17, 15) is 17.2 Å². The molecule has 0 amide bonds. The topological polar surface area (TPSA) is 66.4 Å². The van der Waals surface area contributed by atoms with Gasteiger partial charge in [-0.3, -0.25) is 4.72 Å². The van der Waals surface area contributed by atoms with Crippen LogP contribution in [0.1, 0.15) is 5.56 Å². The van der Waals surface area contributed by atoms with Crippen LogP contribution in [0.25, 0.3) is 0 Å². The van der Waals surface area contributed by atoms with Crippen molar-refractivity contribution in [1.82, 2.24) is 0 Å². The molecule has 0 aliphatic carbocycles. The highest BCUT2D eigenvalue weighted by atomic mass is 79.9. The zero-order chi connectivity index (χ0) is 14.9. The summed E-state index contributed by atoms with van der Waals surface area (Å²) in [7, 11) is -4.10. The number of hydrogen-bond donors (Lipinski definition) is 2. The van der Waals surface area contributed by atoms with Crippen molar-refractivity contribution in [2.24, 2.45) is 0 Å². The van der Waals surface area contributed by atoms with Gasteiger partial charge in [0.1, 0.15) is 9.90 Å². The summed E-state index contributed by atoms with van der Waals surface area (Å²) in [6.07, 6.45) is 0. The summed E-state index contributed by atoms with van der Waals surface area (Å²) in [5, 5.41) is 10.3. The first-order chi connectivity index (χ1) is 9.33. The maximum atomic E-state index is 13.6. The predicted octanol–water partition coefficient (Wildman–Crippen LogP) is 3.08. The van der Waals surface area contributed by atoms with E-state index in [1.807, 2.05) is 4.72 Å². The molecule has 0 aliphatic rings. The van der Waals surface area contributed by atoms with Gasteiger partial charge >= 0.3 is 0 Å². The van der Waals surface area contributed by atoms with E-state index >= 15 is 0 Å². The number of aliphatic hydroxyl groups excluding tert-OH is 1. The molecule has 108 valence electrons. The zero-order valence-corrected chi connectivity index (χ0v) is 12.9. The number of hydrogen-bond acceptors (Lipinski definition) is 4. The van der Waals surface area contributed by atoms with E-state index in [0.717, 1.165) is 23.5 Å². The normalized spacial score (nSPS) is 11.6. The molecule has 0 saturated carbocycles. The number of rotatable bonds is 4. The molecule has 2 rings (SSSR count). The Morgan fingerprint density at radius 3 is 2.35 bits per heavy atom. The molecule has 0 saturated heterocycles. The summed E-state index contributed by atoms with van der Waals surface area (Å²) < 4.78 is 53.1. The van der Waals surface area contributed by atoms with Gasteiger partial charge in [-0.15, -0.1) is 11.3 Å². The average molecular weight is 384 g/mol. The molecule has 20 heavy (non-hydrogen) atoms. The van der Waals surface area contributed by atoms with Crippen molar-refractivity contribution in [3.05, 3.63) is 45.2 Å². The summed E-state index contributed by atoms with van der Waals surface area (Å²) in [6, 6.07) is 3.14. The quantitative estimate of drug-likeness (QED) is 0.852. The molecule has 0 radical (unpaired) electrons. The van der Waals surface area contributed by atoms with E-state index in [4.69, 9.17) is 5.11 Å². The highest BCUT2D eigenvalue weighted by molar-refractivity contribution is 9.10. The number of thiophene rings is 1. The minimum atomic E-state index is -4.10. The van der Waals surface area contributed by atoms with Crippen molar-refractivity contribution in [2.75, 3.05) is 4.72 Å². The Kier molecular flexibility index (Phi) is 4.43. The Morgan fingerprint density at radius 1 is 1.25 bits per heavy atom.